The molecule has 2 aromatic rings. The van der Waals surface area contributed by atoms with E-state index in [1.54, 1.807) is 6.07 Å². The lowest BCUT2D eigenvalue weighted by Gasteiger charge is -2.18. The maximum Gasteiger partial charge on any atom is 0.210 e. The Morgan fingerprint density at radius 1 is 1.00 bits per heavy atom. The summed E-state index contributed by atoms with van der Waals surface area (Å²) in [7, 11) is 0. The molecule has 25 heavy (non-hydrogen) atoms. The highest BCUT2D eigenvalue weighted by molar-refractivity contribution is 7.98. The Morgan fingerprint density at radius 2 is 1.64 bits per heavy atom. The smallest absolute Gasteiger partial charge is 0.210 e. The molecule has 0 aliphatic carbocycles. The number of carbonyl (C=O) groups is 1. The van der Waals surface area contributed by atoms with E-state index in [-0.39, 0.29) is 22.5 Å². The van der Waals surface area contributed by atoms with Crippen LogP contribution in [0.1, 0.15) is 25.0 Å². The summed E-state index contributed by atoms with van der Waals surface area (Å²) >= 11 is 1.37. The highest BCUT2D eigenvalue weighted by atomic mass is 32.2. The van der Waals surface area contributed by atoms with E-state index in [0.29, 0.717) is 11.0 Å². The number of Topliss-reactive ketones (excluding diaryl/α,β-unsaturated/α-hetero) is 1. The standard InChI is InChI=1S/C19H15F3O2S/c1-19(2)18(23)16(10-6-11(20)8-12(21)7-10)17(24-19)14-5-4-13(25-3)9-15(14)22/h4-9H,1-3H3. The fourth-order valence-electron chi connectivity index (χ4n) is 2.71. The molecule has 0 unspecified atom stereocenters. The summed E-state index contributed by atoms with van der Waals surface area (Å²) in [6, 6.07) is 7.31. The molecule has 0 bridgehead atoms. The van der Waals surface area contributed by atoms with Crippen molar-refractivity contribution >= 4 is 28.9 Å². The Bertz CT molecular complexity index is 883. The molecule has 0 N–H and O–H groups in total. The average Bonchev–Trinajstić information content (AvgIpc) is 2.76. The SMILES string of the molecule is CSc1ccc(C2=C(c3cc(F)cc(F)c3)C(=O)C(C)(C)O2)c(F)c1. The van der Waals surface area contributed by atoms with Crippen LogP contribution in [0.4, 0.5) is 13.2 Å². The Labute approximate surface area is 147 Å². The Balaban J connectivity index is 2.25. The van der Waals surface area contributed by atoms with E-state index in [1.807, 2.05) is 6.26 Å². The van der Waals surface area contributed by atoms with Crippen LogP contribution in [0.3, 0.4) is 0 Å². The van der Waals surface area contributed by atoms with Crippen LogP contribution in [0.5, 0.6) is 0 Å². The number of ketones is 1. The highest BCUT2D eigenvalue weighted by Crippen LogP contribution is 2.42. The summed E-state index contributed by atoms with van der Waals surface area (Å²) in [5.74, 6) is -2.68. The Morgan fingerprint density at radius 3 is 2.20 bits per heavy atom. The van der Waals surface area contributed by atoms with Gasteiger partial charge in [0.2, 0.25) is 5.78 Å². The summed E-state index contributed by atoms with van der Waals surface area (Å²) in [6.07, 6.45) is 1.81. The molecule has 2 aromatic carbocycles. The molecule has 0 spiro atoms. The Hall–Kier alpha value is -2.21. The first-order valence-corrected chi connectivity index (χ1v) is 8.74. The summed E-state index contributed by atoms with van der Waals surface area (Å²) in [4.78, 5) is 13.4. The molecule has 0 atom stereocenters. The van der Waals surface area contributed by atoms with Crippen LogP contribution >= 0.6 is 11.8 Å². The van der Waals surface area contributed by atoms with Gasteiger partial charge in [0.25, 0.3) is 0 Å². The topological polar surface area (TPSA) is 26.3 Å². The van der Waals surface area contributed by atoms with Crippen molar-refractivity contribution in [2.75, 3.05) is 6.26 Å². The molecule has 0 amide bonds. The number of thioether (sulfide) groups is 1. The van der Waals surface area contributed by atoms with Crippen molar-refractivity contribution in [1.82, 2.24) is 0 Å². The van der Waals surface area contributed by atoms with Crippen LogP contribution < -0.4 is 0 Å². The maximum absolute atomic E-state index is 14.5. The first kappa shape index (κ1) is 17.6. The first-order valence-electron chi connectivity index (χ1n) is 7.51. The second kappa shape index (κ2) is 6.26. The molecular weight excluding hydrogens is 349 g/mol. The first-order chi connectivity index (χ1) is 11.7. The fourth-order valence-corrected chi connectivity index (χ4v) is 3.14. The predicted molar refractivity (Wildman–Crippen MR) is 91.5 cm³/mol. The van der Waals surface area contributed by atoms with Crippen molar-refractivity contribution in [3.05, 3.63) is 65.0 Å². The predicted octanol–water partition coefficient (Wildman–Crippen LogP) is 5.07. The molecule has 130 valence electrons. The number of halogens is 3. The van der Waals surface area contributed by atoms with Gasteiger partial charge in [0, 0.05) is 11.0 Å². The van der Waals surface area contributed by atoms with Gasteiger partial charge in [-0.05, 0) is 56.0 Å². The number of carbonyl (C=O) groups excluding carboxylic acids is 1. The van der Waals surface area contributed by atoms with E-state index < -0.39 is 28.8 Å². The number of ether oxygens (including phenoxy) is 1. The zero-order valence-corrected chi connectivity index (χ0v) is 14.6. The molecule has 2 nitrogen and oxygen atoms in total. The molecule has 0 fully saturated rings. The van der Waals surface area contributed by atoms with Gasteiger partial charge in [-0.3, -0.25) is 4.79 Å². The van der Waals surface area contributed by atoms with Crippen molar-refractivity contribution in [3.63, 3.8) is 0 Å². The normalized spacial score (nSPS) is 16.3. The van der Waals surface area contributed by atoms with Crippen molar-refractivity contribution < 1.29 is 22.7 Å². The largest absolute Gasteiger partial charge is 0.478 e. The summed E-state index contributed by atoms with van der Waals surface area (Å²) in [5, 5.41) is 0. The van der Waals surface area contributed by atoms with Gasteiger partial charge in [-0.2, -0.15) is 0 Å². The third-order valence-corrected chi connectivity index (χ3v) is 4.66. The van der Waals surface area contributed by atoms with E-state index in [2.05, 4.69) is 0 Å². The van der Waals surface area contributed by atoms with Crippen molar-refractivity contribution in [3.8, 4) is 0 Å². The third kappa shape index (κ3) is 3.18. The number of hydrogen-bond acceptors (Lipinski definition) is 3. The monoisotopic (exact) mass is 364 g/mol. The van der Waals surface area contributed by atoms with Gasteiger partial charge in [0.1, 0.15) is 23.2 Å². The second-order valence-corrected chi connectivity index (χ2v) is 7.03. The Kier molecular flexibility index (Phi) is 4.41. The van der Waals surface area contributed by atoms with Gasteiger partial charge in [0.15, 0.2) is 5.60 Å². The molecule has 0 radical (unpaired) electrons. The minimum atomic E-state index is -1.25. The molecule has 3 rings (SSSR count). The highest BCUT2D eigenvalue weighted by Gasteiger charge is 2.43. The van der Waals surface area contributed by atoms with Gasteiger partial charge in [-0.1, -0.05) is 0 Å². The van der Waals surface area contributed by atoms with Crippen LogP contribution in [-0.4, -0.2) is 17.6 Å². The molecule has 6 heteroatoms. The van der Waals surface area contributed by atoms with Crippen LogP contribution in [0, 0.1) is 17.5 Å². The van der Waals surface area contributed by atoms with E-state index in [0.717, 1.165) is 12.1 Å². The fraction of sp³-hybridized carbons (Fsp3) is 0.211. The molecule has 1 heterocycles. The summed E-state index contributed by atoms with van der Waals surface area (Å²) in [6.45, 7) is 3.07. The molecule has 0 saturated carbocycles. The van der Waals surface area contributed by atoms with Crippen molar-refractivity contribution in [2.24, 2.45) is 0 Å². The third-order valence-electron chi connectivity index (χ3n) is 3.93. The zero-order valence-electron chi connectivity index (χ0n) is 13.8. The van der Waals surface area contributed by atoms with E-state index >= 15 is 0 Å². The van der Waals surface area contributed by atoms with E-state index in [9.17, 15) is 18.0 Å². The average molecular weight is 364 g/mol. The molecule has 0 aromatic heterocycles. The minimum absolute atomic E-state index is 0.00912. The zero-order chi connectivity index (χ0) is 18.4. The van der Waals surface area contributed by atoms with Crippen molar-refractivity contribution in [1.29, 1.82) is 0 Å². The number of rotatable bonds is 3. The molecular formula is C19H15F3O2S. The van der Waals surface area contributed by atoms with Crippen LogP contribution in [0.25, 0.3) is 11.3 Å². The van der Waals surface area contributed by atoms with E-state index in [1.165, 1.54) is 37.7 Å². The van der Waals surface area contributed by atoms with Crippen LogP contribution in [-0.2, 0) is 9.53 Å². The van der Waals surface area contributed by atoms with Gasteiger partial charge in [0.05, 0.1) is 11.1 Å². The van der Waals surface area contributed by atoms with E-state index in [4.69, 9.17) is 4.74 Å². The van der Waals surface area contributed by atoms with Crippen LogP contribution in [0.2, 0.25) is 0 Å². The maximum atomic E-state index is 14.5. The van der Waals surface area contributed by atoms with Gasteiger partial charge < -0.3 is 4.74 Å². The molecule has 0 saturated heterocycles. The molecule has 1 aliphatic rings. The minimum Gasteiger partial charge on any atom is -0.478 e. The van der Waals surface area contributed by atoms with Crippen molar-refractivity contribution in [2.45, 2.75) is 24.3 Å². The lowest BCUT2D eigenvalue weighted by Crippen LogP contribution is -2.29. The summed E-state index contributed by atoms with van der Waals surface area (Å²) in [5.41, 5.74) is -1.18. The lowest BCUT2D eigenvalue weighted by molar-refractivity contribution is -0.125. The molecule has 1 aliphatic heterocycles. The van der Waals surface area contributed by atoms with Gasteiger partial charge >= 0.3 is 0 Å². The van der Waals surface area contributed by atoms with Crippen LogP contribution in [0.15, 0.2) is 41.3 Å². The van der Waals surface area contributed by atoms with Gasteiger partial charge in [-0.25, -0.2) is 13.2 Å². The quantitative estimate of drug-likeness (QED) is 0.711. The van der Waals surface area contributed by atoms with Gasteiger partial charge in [-0.15, -0.1) is 11.8 Å². The lowest BCUT2D eigenvalue weighted by atomic mass is 9.92. The second-order valence-electron chi connectivity index (χ2n) is 6.15. The number of benzene rings is 2. The summed E-state index contributed by atoms with van der Waals surface area (Å²) < 4.78 is 47.4. The number of hydrogen-bond donors (Lipinski definition) is 0.